The van der Waals surface area contributed by atoms with E-state index >= 15 is 0 Å². The van der Waals surface area contributed by atoms with E-state index in [1.54, 1.807) is 49.4 Å². The Bertz CT molecular complexity index is 1400. The number of anilines is 1. The van der Waals surface area contributed by atoms with Crippen LogP contribution in [0.15, 0.2) is 83.8 Å². The van der Waals surface area contributed by atoms with E-state index < -0.39 is 34.1 Å². The lowest BCUT2D eigenvalue weighted by atomic mass is 10.1. The fourth-order valence-electron chi connectivity index (χ4n) is 4.19. The second kappa shape index (κ2) is 13.0. The van der Waals surface area contributed by atoms with Crippen LogP contribution < -0.4 is 14.4 Å². The number of para-hydroxylation sites is 1. The van der Waals surface area contributed by atoms with E-state index in [1.165, 1.54) is 17.0 Å². The average molecular weight is 566 g/mol. The van der Waals surface area contributed by atoms with E-state index in [4.69, 9.17) is 4.74 Å². The standard InChI is InChI=1S/C31H39N3O5S/c1-7-39-27-16-18-28(19-17-27)40(37,38)34(26-14-9-8-10-15-26)22-29(35)33(21-25-13-11-12-23(2)20-25)24(3)30(36)32-31(4,5)6/h8-20,24H,7,21-22H2,1-6H3,(H,32,36)/t24-/m0/s1. The van der Waals surface area contributed by atoms with Gasteiger partial charge in [0, 0.05) is 12.1 Å². The number of aryl methyl sites for hydroxylation is 1. The molecule has 9 heteroatoms. The van der Waals surface area contributed by atoms with E-state index in [1.807, 2.05) is 58.9 Å². The fourth-order valence-corrected chi connectivity index (χ4v) is 5.60. The Morgan fingerprint density at radius 3 is 2.17 bits per heavy atom. The van der Waals surface area contributed by atoms with E-state index in [2.05, 4.69) is 5.32 Å². The Labute approximate surface area is 238 Å². The molecular formula is C31H39N3O5S. The third kappa shape index (κ3) is 8.08. The summed E-state index contributed by atoms with van der Waals surface area (Å²) in [4.78, 5) is 28.6. The SMILES string of the molecule is CCOc1ccc(S(=O)(=O)N(CC(=O)N(Cc2cccc(C)c2)[C@@H](C)C(=O)NC(C)(C)C)c2ccccc2)cc1. The molecule has 3 aromatic carbocycles. The van der Waals surface area contributed by atoms with E-state index in [9.17, 15) is 18.0 Å². The predicted molar refractivity (Wildman–Crippen MR) is 158 cm³/mol. The molecule has 0 unspecified atom stereocenters. The summed E-state index contributed by atoms with van der Waals surface area (Å²) in [5, 5.41) is 2.93. The number of rotatable bonds is 11. The molecule has 214 valence electrons. The first-order valence-corrected chi connectivity index (χ1v) is 14.7. The molecule has 0 saturated heterocycles. The van der Waals surface area contributed by atoms with E-state index in [0.29, 0.717) is 18.0 Å². The highest BCUT2D eigenvalue weighted by Gasteiger charge is 2.33. The maximum absolute atomic E-state index is 14.0. The van der Waals surface area contributed by atoms with Crippen LogP contribution in [-0.4, -0.2) is 49.9 Å². The first-order chi connectivity index (χ1) is 18.8. The van der Waals surface area contributed by atoms with Crippen molar-refractivity contribution in [3.8, 4) is 5.75 Å². The Balaban J connectivity index is 2.00. The second-order valence-corrected chi connectivity index (χ2v) is 12.5. The zero-order valence-corrected chi connectivity index (χ0v) is 24.9. The maximum atomic E-state index is 14.0. The molecule has 0 saturated carbocycles. The van der Waals surface area contributed by atoms with Crippen molar-refractivity contribution in [2.75, 3.05) is 17.5 Å². The largest absolute Gasteiger partial charge is 0.494 e. The van der Waals surface area contributed by atoms with E-state index in [0.717, 1.165) is 15.4 Å². The van der Waals surface area contributed by atoms with Crippen molar-refractivity contribution in [2.24, 2.45) is 0 Å². The minimum Gasteiger partial charge on any atom is -0.494 e. The molecule has 3 aromatic rings. The monoisotopic (exact) mass is 565 g/mol. The summed E-state index contributed by atoms with van der Waals surface area (Å²) in [6, 6.07) is 21.4. The molecule has 3 rings (SSSR count). The average Bonchev–Trinajstić information content (AvgIpc) is 2.90. The Morgan fingerprint density at radius 2 is 1.60 bits per heavy atom. The number of nitrogens with one attached hydrogen (secondary N) is 1. The molecule has 0 aliphatic heterocycles. The van der Waals surface area contributed by atoms with Gasteiger partial charge in [-0.2, -0.15) is 0 Å². The summed E-state index contributed by atoms with van der Waals surface area (Å²) in [6.07, 6.45) is 0. The van der Waals surface area contributed by atoms with Crippen molar-refractivity contribution >= 4 is 27.5 Å². The van der Waals surface area contributed by atoms with Crippen LogP contribution in [0.5, 0.6) is 5.75 Å². The number of nitrogens with zero attached hydrogens (tertiary/aromatic N) is 2. The van der Waals surface area contributed by atoms with Crippen LogP contribution in [0.1, 0.15) is 45.7 Å². The fraction of sp³-hybridized carbons (Fsp3) is 0.355. The van der Waals surface area contributed by atoms with Crippen molar-refractivity contribution in [1.82, 2.24) is 10.2 Å². The summed E-state index contributed by atoms with van der Waals surface area (Å²) in [5.74, 6) is -0.280. The Morgan fingerprint density at radius 1 is 0.950 bits per heavy atom. The van der Waals surface area contributed by atoms with Crippen molar-refractivity contribution in [3.63, 3.8) is 0 Å². The third-order valence-electron chi connectivity index (χ3n) is 6.15. The van der Waals surface area contributed by atoms with Crippen LogP contribution in [0.25, 0.3) is 0 Å². The molecule has 8 nitrogen and oxygen atoms in total. The highest BCUT2D eigenvalue weighted by atomic mass is 32.2. The molecule has 1 N–H and O–H groups in total. The molecular weight excluding hydrogens is 526 g/mol. The molecule has 40 heavy (non-hydrogen) atoms. The highest BCUT2D eigenvalue weighted by molar-refractivity contribution is 7.92. The van der Waals surface area contributed by atoms with Crippen molar-refractivity contribution in [2.45, 2.75) is 64.6 Å². The molecule has 0 aromatic heterocycles. The van der Waals surface area contributed by atoms with Crippen molar-refractivity contribution < 1.29 is 22.7 Å². The van der Waals surface area contributed by atoms with Crippen LogP contribution in [-0.2, 0) is 26.2 Å². The first-order valence-electron chi connectivity index (χ1n) is 13.3. The number of amides is 2. The van der Waals surface area contributed by atoms with Gasteiger partial charge in [0.1, 0.15) is 18.3 Å². The quantitative estimate of drug-likeness (QED) is 0.356. The number of hydrogen-bond acceptors (Lipinski definition) is 5. The van der Waals surface area contributed by atoms with E-state index in [-0.39, 0.29) is 17.3 Å². The summed E-state index contributed by atoms with van der Waals surface area (Å²) in [7, 11) is -4.14. The minimum absolute atomic E-state index is 0.0244. The lowest BCUT2D eigenvalue weighted by Gasteiger charge is -2.33. The van der Waals surface area contributed by atoms with Gasteiger partial charge in [0.2, 0.25) is 11.8 Å². The first kappa shape index (κ1) is 30.7. The van der Waals surface area contributed by atoms with Crippen LogP contribution in [0.3, 0.4) is 0 Å². The zero-order chi connectivity index (χ0) is 29.5. The van der Waals surface area contributed by atoms with Gasteiger partial charge in [-0.25, -0.2) is 8.42 Å². The Hall–Kier alpha value is -3.85. The van der Waals surface area contributed by atoms with Gasteiger partial charge in [-0.3, -0.25) is 13.9 Å². The number of carbonyl (C=O) groups excluding carboxylic acids is 2. The lowest BCUT2D eigenvalue weighted by Crippen LogP contribution is -2.54. The second-order valence-electron chi connectivity index (χ2n) is 10.7. The molecule has 0 bridgehead atoms. The molecule has 0 spiro atoms. The number of ether oxygens (including phenoxy) is 1. The highest BCUT2D eigenvalue weighted by Crippen LogP contribution is 2.26. The molecule has 0 fully saturated rings. The van der Waals surface area contributed by atoms with Gasteiger partial charge in [-0.1, -0.05) is 48.0 Å². The Kier molecular flexibility index (Phi) is 9.98. The third-order valence-corrected chi connectivity index (χ3v) is 7.93. The lowest BCUT2D eigenvalue weighted by molar-refractivity contribution is -0.140. The summed E-state index contributed by atoms with van der Waals surface area (Å²) in [5.41, 5.74) is 1.69. The molecule has 0 radical (unpaired) electrons. The van der Waals surface area contributed by atoms with Gasteiger partial charge in [-0.15, -0.1) is 0 Å². The normalized spacial score (nSPS) is 12.3. The molecule has 0 heterocycles. The summed E-state index contributed by atoms with van der Waals surface area (Å²) < 4.78 is 34.3. The topological polar surface area (TPSA) is 96.0 Å². The van der Waals surface area contributed by atoms with Gasteiger partial charge >= 0.3 is 0 Å². The van der Waals surface area contributed by atoms with Crippen molar-refractivity contribution in [3.05, 3.63) is 90.0 Å². The van der Waals surface area contributed by atoms with Gasteiger partial charge in [-0.05, 0) is 83.5 Å². The maximum Gasteiger partial charge on any atom is 0.264 e. The van der Waals surface area contributed by atoms with Crippen LogP contribution in [0.4, 0.5) is 5.69 Å². The van der Waals surface area contributed by atoms with Gasteiger partial charge < -0.3 is 15.0 Å². The van der Waals surface area contributed by atoms with Crippen LogP contribution in [0.2, 0.25) is 0 Å². The van der Waals surface area contributed by atoms with Crippen LogP contribution in [0, 0.1) is 6.92 Å². The smallest absolute Gasteiger partial charge is 0.264 e. The predicted octanol–water partition coefficient (Wildman–Crippen LogP) is 4.92. The zero-order valence-electron chi connectivity index (χ0n) is 24.0. The van der Waals surface area contributed by atoms with Gasteiger partial charge in [0.05, 0.1) is 17.2 Å². The molecule has 1 atom stereocenters. The van der Waals surface area contributed by atoms with Gasteiger partial charge in [0.15, 0.2) is 0 Å². The van der Waals surface area contributed by atoms with Crippen molar-refractivity contribution in [1.29, 1.82) is 0 Å². The number of sulfonamides is 1. The molecule has 2 amide bonds. The van der Waals surface area contributed by atoms with Gasteiger partial charge in [0.25, 0.3) is 10.0 Å². The number of benzene rings is 3. The van der Waals surface area contributed by atoms with Crippen LogP contribution >= 0.6 is 0 Å². The minimum atomic E-state index is -4.14. The number of carbonyl (C=O) groups is 2. The molecule has 0 aliphatic rings. The number of hydrogen-bond donors (Lipinski definition) is 1. The molecule has 0 aliphatic carbocycles. The summed E-state index contributed by atoms with van der Waals surface area (Å²) >= 11 is 0. The summed E-state index contributed by atoms with van der Waals surface area (Å²) in [6.45, 7) is 11.2.